The van der Waals surface area contributed by atoms with Gasteiger partial charge in [0.1, 0.15) is 18.9 Å². The van der Waals surface area contributed by atoms with Gasteiger partial charge in [-0.1, -0.05) is 0 Å². The van der Waals surface area contributed by atoms with Crippen molar-refractivity contribution in [3.05, 3.63) is 0 Å². The molecule has 0 aliphatic carbocycles. The summed E-state index contributed by atoms with van der Waals surface area (Å²) in [4.78, 5) is 30.4. The van der Waals surface area contributed by atoms with Crippen LogP contribution in [0.1, 0.15) is 19.3 Å². The summed E-state index contributed by atoms with van der Waals surface area (Å²) in [5.41, 5.74) is 0. The number of hydrogen-bond donors (Lipinski definition) is 0. The highest BCUT2D eigenvalue weighted by Gasteiger charge is 2.06. The van der Waals surface area contributed by atoms with E-state index in [-0.39, 0.29) is 20.3 Å². The van der Waals surface area contributed by atoms with Crippen LogP contribution < -0.4 is 0 Å². The number of rotatable bonds is 9. The lowest BCUT2D eigenvalue weighted by atomic mass is 10.5. The van der Waals surface area contributed by atoms with Gasteiger partial charge in [0.25, 0.3) is 0 Å². The largest absolute Gasteiger partial charge is 0.303 e. The van der Waals surface area contributed by atoms with Gasteiger partial charge < -0.3 is 14.4 Å². The topological polar surface area (TPSA) is 51.2 Å². The molecule has 0 atom stereocenters. The molecule has 0 fully saturated rings. The van der Waals surface area contributed by atoms with E-state index in [9.17, 15) is 14.4 Å². The Morgan fingerprint density at radius 1 is 0.714 bits per heavy atom. The maximum Gasteiger partial charge on any atom is 0.120 e. The number of hydrogen-bond acceptors (Lipinski definition) is 3. The van der Waals surface area contributed by atoms with Crippen molar-refractivity contribution in [1.29, 1.82) is 0 Å². The molecule has 0 rings (SSSR count). The summed E-state index contributed by atoms with van der Waals surface area (Å²) in [6.45, 7) is 0. The lowest BCUT2D eigenvalue weighted by Gasteiger charge is -2.12. The van der Waals surface area contributed by atoms with E-state index in [4.69, 9.17) is 0 Å². The highest BCUT2D eigenvalue weighted by molar-refractivity contribution is 7.57. The van der Waals surface area contributed by atoms with E-state index in [0.717, 1.165) is 37.3 Å². The zero-order chi connectivity index (χ0) is 9.94. The third-order valence-electron chi connectivity index (χ3n) is 1.69. The predicted molar refractivity (Wildman–Crippen MR) is 60.8 cm³/mol. The van der Waals surface area contributed by atoms with Gasteiger partial charge in [-0.15, -0.1) is 20.3 Å². The van der Waals surface area contributed by atoms with Crippen LogP contribution in [0.3, 0.4) is 0 Å². The SMILES string of the molecule is Cl.O=CCCP(CCC=O)CCC=O. The number of carbonyl (C=O) groups excluding carboxylic acids is 3. The summed E-state index contributed by atoms with van der Waals surface area (Å²) in [5, 5.41) is 0. The average Bonchev–Trinajstić information content (AvgIpc) is 2.17. The second-order valence-corrected chi connectivity index (χ2v) is 5.39. The molecule has 0 radical (unpaired) electrons. The third kappa shape index (κ3) is 9.82. The summed E-state index contributed by atoms with van der Waals surface area (Å²) in [7, 11) is -0.272. The highest BCUT2D eigenvalue weighted by atomic mass is 35.5. The molecule has 0 amide bonds. The van der Waals surface area contributed by atoms with Crippen molar-refractivity contribution in [2.75, 3.05) is 18.5 Å². The van der Waals surface area contributed by atoms with Gasteiger partial charge in [-0.05, 0) is 18.5 Å². The molecule has 0 aromatic heterocycles. The van der Waals surface area contributed by atoms with Gasteiger partial charge in [0.05, 0.1) is 0 Å². The first-order valence-electron chi connectivity index (χ1n) is 4.38. The zero-order valence-electron chi connectivity index (χ0n) is 8.05. The van der Waals surface area contributed by atoms with E-state index < -0.39 is 0 Å². The van der Waals surface area contributed by atoms with Crippen LogP contribution in [0.4, 0.5) is 0 Å². The van der Waals surface area contributed by atoms with Gasteiger partial charge in [-0.2, -0.15) is 0 Å². The summed E-state index contributed by atoms with van der Waals surface area (Å²) in [6.07, 6.45) is 6.96. The van der Waals surface area contributed by atoms with Crippen LogP contribution in [-0.4, -0.2) is 37.3 Å². The Kier molecular flexibility index (Phi) is 14.7. The van der Waals surface area contributed by atoms with E-state index in [1.165, 1.54) is 0 Å². The number of halogens is 1. The Morgan fingerprint density at radius 3 is 1.21 bits per heavy atom. The molecule has 0 spiro atoms. The molecular weight excluding hydrogens is 223 g/mol. The Labute approximate surface area is 91.8 Å². The molecule has 0 aliphatic heterocycles. The van der Waals surface area contributed by atoms with Crippen LogP contribution >= 0.6 is 20.3 Å². The van der Waals surface area contributed by atoms with E-state index in [1.54, 1.807) is 0 Å². The van der Waals surface area contributed by atoms with Crippen molar-refractivity contribution in [1.82, 2.24) is 0 Å². The minimum atomic E-state index is -0.272. The molecule has 0 heterocycles. The molecule has 3 nitrogen and oxygen atoms in total. The number of carbonyl (C=O) groups is 3. The van der Waals surface area contributed by atoms with Crippen molar-refractivity contribution >= 4 is 39.2 Å². The lowest BCUT2D eigenvalue weighted by molar-refractivity contribution is -0.108. The zero-order valence-corrected chi connectivity index (χ0v) is 9.77. The molecule has 14 heavy (non-hydrogen) atoms. The maximum absolute atomic E-state index is 10.1. The highest BCUT2D eigenvalue weighted by Crippen LogP contribution is 2.36. The van der Waals surface area contributed by atoms with Crippen molar-refractivity contribution in [2.45, 2.75) is 19.3 Å². The fourth-order valence-corrected chi connectivity index (χ4v) is 3.12. The van der Waals surface area contributed by atoms with E-state index >= 15 is 0 Å². The van der Waals surface area contributed by atoms with Gasteiger partial charge in [0.15, 0.2) is 0 Å². The van der Waals surface area contributed by atoms with Crippen LogP contribution in [0, 0.1) is 0 Å². The first-order valence-corrected chi connectivity index (χ1v) is 6.28. The summed E-state index contributed by atoms with van der Waals surface area (Å²) < 4.78 is 0. The summed E-state index contributed by atoms with van der Waals surface area (Å²) in [6, 6.07) is 0. The predicted octanol–water partition coefficient (Wildman–Crippen LogP) is 1.66. The van der Waals surface area contributed by atoms with Crippen molar-refractivity contribution in [2.24, 2.45) is 0 Å². The Balaban J connectivity index is 0. The molecule has 0 N–H and O–H groups in total. The molecule has 5 heteroatoms. The molecule has 0 saturated heterocycles. The Bertz CT molecular complexity index is 136. The quantitative estimate of drug-likeness (QED) is 0.453. The molecule has 0 unspecified atom stereocenters. The second-order valence-electron chi connectivity index (χ2n) is 2.71. The van der Waals surface area contributed by atoms with Gasteiger partial charge in [0.2, 0.25) is 0 Å². The first-order chi connectivity index (χ1) is 6.35. The van der Waals surface area contributed by atoms with Crippen molar-refractivity contribution < 1.29 is 14.4 Å². The van der Waals surface area contributed by atoms with Crippen LogP contribution in [-0.2, 0) is 14.4 Å². The van der Waals surface area contributed by atoms with Gasteiger partial charge in [-0.3, -0.25) is 0 Å². The Morgan fingerprint density at radius 2 is 1.00 bits per heavy atom. The van der Waals surface area contributed by atoms with Crippen LogP contribution in [0.15, 0.2) is 0 Å². The normalized spacial score (nSPS) is 9.21. The molecule has 0 saturated carbocycles. The second kappa shape index (κ2) is 12.7. The van der Waals surface area contributed by atoms with Crippen molar-refractivity contribution in [3.63, 3.8) is 0 Å². The number of aldehydes is 3. The van der Waals surface area contributed by atoms with E-state index in [1.807, 2.05) is 0 Å². The minimum Gasteiger partial charge on any atom is -0.303 e. The molecular formula is C9H16ClO3P. The van der Waals surface area contributed by atoms with Crippen LogP contribution in [0.25, 0.3) is 0 Å². The minimum absolute atomic E-state index is 0. The fourth-order valence-electron chi connectivity index (χ4n) is 1.04. The first kappa shape index (κ1) is 16.2. The van der Waals surface area contributed by atoms with E-state index in [2.05, 4.69) is 0 Å². The van der Waals surface area contributed by atoms with Gasteiger partial charge in [-0.25, -0.2) is 0 Å². The average molecular weight is 239 g/mol. The fraction of sp³-hybridized carbons (Fsp3) is 0.667. The monoisotopic (exact) mass is 238 g/mol. The summed E-state index contributed by atoms with van der Waals surface area (Å²) >= 11 is 0. The van der Waals surface area contributed by atoms with Crippen molar-refractivity contribution in [3.8, 4) is 0 Å². The van der Waals surface area contributed by atoms with Crippen LogP contribution in [0.5, 0.6) is 0 Å². The standard InChI is InChI=1S/C9H15O3P.ClH/c10-4-1-7-13(8-2-5-11)9-3-6-12;/h4-6H,1-3,7-9H2;1H. The molecule has 0 aromatic carbocycles. The maximum atomic E-state index is 10.1. The van der Waals surface area contributed by atoms with Gasteiger partial charge in [0, 0.05) is 19.3 Å². The molecule has 82 valence electrons. The third-order valence-corrected chi connectivity index (χ3v) is 4.36. The molecule has 0 aromatic rings. The smallest absolute Gasteiger partial charge is 0.120 e. The van der Waals surface area contributed by atoms with E-state index in [0.29, 0.717) is 19.3 Å². The lowest BCUT2D eigenvalue weighted by Crippen LogP contribution is -1.97. The molecule has 0 bridgehead atoms. The Hall–Kier alpha value is -0.270. The van der Waals surface area contributed by atoms with Crippen LogP contribution in [0.2, 0.25) is 0 Å². The molecule has 0 aliphatic rings. The van der Waals surface area contributed by atoms with Gasteiger partial charge >= 0.3 is 0 Å². The summed E-state index contributed by atoms with van der Waals surface area (Å²) in [5.74, 6) is 0.